The molecule has 0 bridgehead atoms. The Morgan fingerprint density at radius 1 is 1.14 bits per heavy atom. The number of thiazole rings is 1. The molecule has 1 aliphatic heterocycles. The minimum atomic E-state index is -0.932. The van der Waals surface area contributed by atoms with Gasteiger partial charge < -0.3 is 4.74 Å². The SMILES string of the molecule is CCC(OC(=O)c1c2c(nc3ccccc13)CCN(C(C)C)C2)C(=O)Nc1nc(-c2cccs2)cs1. The fraction of sp³-hybridized carbons (Fsp3) is 0.333. The number of nitrogens with one attached hydrogen (secondary N) is 1. The average molecular weight is 521 g/mol. The maximum absolute atomic E-state index is 13.6. The number of nitrogens with zero attached hydrogens (tertiary/aromatic N) is 3. The molecule has 0 aliphatic carbocycles. The lowest BCUT2D eigenvalue weighted by molar-refractivity contribution is -0.124. The van der Waals surface area contributed by atoms with Crippen LogP contribution in [0.15, 0.2) is 47.2 Å². The molecule has 1 aliphatic rings. The van der Waals surface area contributed by atoms with Crippen molar-refractivity contribution in [2.75, 3.05) is 11.9 Å². The zero-order valence-electron chi connectivity index (χ0n) is 20.5. The molecule has 0 saturated heterocycles. The second-order valence-electron chi connectivity index (χ2n) is 9.05. The molecule has 1 aromatic carbocycles. The zero-order chi connectivity index (χ0) is 25.2. The number of benzene rings is 1. The van der Waals surface area contributed by atoms with Crippen LogP contribution in [0.3, 0.4) is 0 Å². The summed E-state index contributed by atoms with van der Waals surface area (Å²) in [6.45, 7) is 7.65. The van der Waals surface area contributed by atoms with Crippen molar-refractivity contribution in [3.05, 3.63) is 64.0 Å². The van der Waals surface area contributed by atoms with Gasteiger partial charge in [-0.1, -0.05) is 31.2 Å². The predicted molar refractivity (Wildman–Crippen MR) is 145 cm³/mol. The molecule has 0 spiro atoms. The molecule has 3 aromatic heterocycles. The Bertz CT molecular complexity index is 1400. The number of carbonyl (C=O) groups excluding carboxylic acids is 2. The van der Waals surface area contributed by atoms with Crippen molar-refractivity contribution in [3.8, 4) is 10.6 Å². The van der Waals surface area contributed by atoms with Crippen molar-refractivity contribution in [1.82, 2.24) is 14.9 Å². The Labute approximate surface area is 218 Å². The van der Waals surface area contributed by atoms with E-state index >= 15 is 0 Å². The summed E-state index contributed by atoms with van der Waals surface area (Å²) in [6.07, 6.45) is 0.191. The molecule has 5 rings (SSSR count). The van der Waals surface area contributed by atoms with Crippen LogP contribution in [-0.2, 0) is 22.5 Å². The van der Waals surface area contributed by atoms with Gasteiger partial charge in [-0.25, -0.2) is 9.78 Å². The van der Waals surface area contributed by atoms with E-state index in [4.69, 9.17) is 9.72 Å². The number of anilines is 1. The molecule has 36 heavy (non-hydrogen) atoms. The van der Waals surface area contributed by atoms with E-state index in [9.17, 15) is 9.59 Å². The van der Waals surface area contributed by atoms with E-state index in [0.29, 0.717) is 29.7 Å². The van der Waals surface area contributed by atoms with E-state index in [1.165, 1.54) is 11.3 Å². The van der Waals surface area contributed by atoms with E-state index in [1.54, 1.807) is 11.3 Å². The maximum atomic E-state index is 13.6. The molecule has 9 heteroatoms. The lowest BCUT2D eigenvalue weighted by Gasteiger charge is -2.32. The Hall–Kier alpha value is -3.14. The lowest BCUT2D eigenvalue weighted by atomic mass is 9.95. The monoisotopic (exact) mass is 520 g/mol. The van der Waals surface area contributed by atoms with Gasteiger partial charge in [-0.05, 0) is 37.8 Å². The van der Waals surface area contributed by atoms with Crippen LogP contribution in [0, 0.1) is 0 Å². The summed E-state index contributed by atoms with van der Waals surface area (Å²) < 4.78 is 5.85. The van der Waals surface area contributed by atoms with Crippen molar-refractivity contribution >= 4 is 50.6 Å². The van der Waals surface area contributed by atoms with Crippen LogP contribution < -0.4 is 5.32 Å². The number of esters is 1. The first-order chi connectivity index (χ1) is 17.4. The highest BCUT2D eigenvalue weighted by molar-refractivity contribution is 7.16. The number of hydrogen-bond acceptors (Lipinski definition) is 8. The Morgan fingerprint density at radius 3 is 2.72 bits per heavy atom. The summed E-state index contributed by atoms with van der Waals surface area (Å²) in [7, 11) is 0. The molecule has 0 radical (unpaired) electrons. The highest BCUT2D eigenvalue weighted by Gasteiger charge is 2.30. The summed E-state index contributed by atoms with van der Waals surface area (Å²) in [4.78, 5) is 39.4. The predicted octanol–water partition coefficient (Wildman–Crippen LogP) is 5.76. The first kappa shape index (κ1) is 24.5. The number of hydrogen-bond donors (Lipinski definition) is 1. The first-order valence-corrected chi connectivity index (χ1v) is 13.9. The van der Waals surface area contributed by atoms with E-state index in [0.717, 1.165) is 45.7 Å². The fourth-order valence-corrected chi connectivity index (χ4v) is 5.92. The number of carbonyl (C=O) groups is 2. The summed E-state index contributed by atoms with van der Waals surface area (Å²) in [6, 6.07) is 11.9. The van der Waals surface area contributed by atoms with Gasteiger partial charge in [-0.15, -0.1) is 22.7 Å². The number of ether oxygens (including phenoxy) is 1. The Morgan fingerprint density at radius 2 is 1.97 bits per heavy atom. The molecular weight excluding hydrogens is 492 g/mol. The fourth-order valence-electron chi connectivity index (χ4n) is 4.45. The topological polar surface area (TPSA) is 84.4 Å². The quantitative estimate of drug-likeness (QED) is 0.312. The standard InChI is InChI=1S/C27H28N4O3S2/c1-4-22(25(32)30-27-29-21(15-36-27)23-10-7-13-35-23)34-26(33)24-17-8-5-6-9-19(17)28-20-11-12-31(16(2)3)14-18(20)24/h5-10,13,15-16,22H,4,11-12,14H2,1-3H3,(H,29,30,32). The third-order valence-corrected chi connectivity index (χ3v) is 8.08. The van der Waals surface area contributed by atoms with Crippen LogP contribution in [0.25, 0.3) is 21.5 Å². The van der Waals surface area contributed by atoms with Crippen LogP contribution in [0.1, 0.15) is 48.8 Å². The molecule has 1 atom stereocenters. The largest absolute Gasteiger partial charge is 0.449 e. The molecule has 7 nitrogen and oxygen atoms in total. The van der Waals surface area contributed by atoms with Gasteiger partial charge in [0.05, 0.1) is 21.7 Å². The maximum Gasteiger partial charge on any atom is 0.340 e. The van der Waals surface area contributed by atoms with Crippen LogP contribution in [0.5, 0.6) is 0 Å². The number of para-hydroxylation sites is 1. The molecule has 186 valence electrons. The summed E-state index contributed by atoms with van der Waals surface area (Å²) in [5, 5.41) is 7.96. The second-order valence-corrected chi connectivity index (χ2v) is 10.9. The number of aromatic nitrogens is 2. The molecule has 4 aromatic rings. The van der Waals surface area contributed by atoms with Crippen molar-refractivity contribution in [1.29, 1.82) is 0 Å². The molecule has 1 amide bonds. The highest BCUT2D eigenvalue weighted by Crippen LogP contribution is 2.31. The minimum Gasteiger partial charge on any atom is -0.449 e. The van der Waals surface area contributed by atoms with Crippen molar-refractivity contribution in [2.45, 2.75) is 52.3 Å². The smallest absolute Gasteiger partial charge is 0.340 e. The molecule has 1 N–H and O–H groups in total. The van der Waals surface area contributed by atoms with Gasteiger partial charge in [0.1, 0.15) is 0 Å². The third-order valence-electron chi connectivity index (χ3n) is 6.43. The summed E-state index contributed by atoms with van der Waals surface area (Å²) in [5.74, 6) is -0.871. The summed E-state index contributed by atoms with van der Waals surface area (Å²) >= 11 is 2.94. The Kier molecular flexibility index (Phi) is 7.13. The van der Waals surface area contributed by atoms with E-state index in [-0.39, 0.29) is 5.91 Å². The van der Waals surface area contributed by atoms with Crippen molar-refractivity contribution in [2.24, 2.45) is 0 Å². The molecule has 1 unspecified atom stereocenters. The zero-order valence-corrected chi connectivity index (χ0v) is 22.1. The van der Waals surface area contributed by atoms with Crippen LogP contribution in [0.2, 0.25) is 0 Å². The van der Waals surface area contributed by atoms with E-state index < -0.39 is 12.1 Å². The first-order valence-electron chi connectivity index (χ1n) is 12.1. The third kappa shape index (κ3) is 4.91. The van der Waals surface area contributed by atoms with E-state index in [2.05, 4.69) is 29.0 Å². The minimum absolute atomic E-state index is 0.347. The molecule has 0 fully saturated rings. The number of amides is 1. The van der Waals surface area contributed by atoms with Gasteiger partial charge in [0.25, 0.3) is 5.91 Å². The van der Waals surface area contributed by atoms with Crippen molar-refractivity contribution in [3.63, 3.8) is 0 Å². The van der Waals surface area contributed by atoms with Gasteiger partial charge >= 0.3 is 5.97 Å². The van der Waals surface area contributed by atoms with Crippen LogP contribution in [-0.4, -0.2) is 45.4 Å². The molecule has 0 saturated carbocycles. The van der Waals surface area contributed by atoms with Gasteiger partial charge in [0.2, 0.25) is 0 Å². The van der Waals surface area contributed by atoms with Gasteiger partial charge in [0, 0.05) is 47.6 Å². The van der Waals surface area contributed by atoms with E-state index in [1.807, 2.05) is 54.1 Å². The van der Waals surface area contributed by atoms with Gasteiger partial charge in [0.15, 0.2) is 11.2 Å². The summed E-state index contributed by atoms with van der Waals surface area (Å²) in [5.41, 5.74) is 3.93. The molecular formula is C27H28N4O3S2. The second kappa shape index (κ2) is 10.5. The van der Waals surface area contributed by atoms with Crippen LogP contribution >= 0.6 is 22.7 Å². The Balaban J connectivity index is 1.40. The number of rotatable bonds is 7. The van der Waals surface area contributed by atoms with Crippen molar-refractivity contribution < 1.29 is 14.3 Å². The number of pyridine rings is 1. The van der Waals surface area contributed by atoms with Gasteiger partial charge in [-0.2, -0.15) is 0 Å². The van der Waals surface area contributed by atoms with Gasteiger partial charge in [-0.3, -0.25) is 20.0 Å². The number of fused-ring (bicyclic) bond motifs is 2. The lowest BCUT2D eigenvalue weighted by Crippen LogP contribution is -2.38. The highest BCUT2D eigenvalue weighted by atomic mass is 32.1. The average Bonchev–Trinajstić information content (AvgIpc) is 3.57. The normalized spacial score (nSPS) is 14.6. The number of thiophene rings is 1. The van der Waals surface area contributed by atoms with Crippen LogP contribution in [0.4, 0.5) is 5.13 Å². The molecule has 4 heterocycles.